The van der Waals surface area contributed by atoms with Crippen molar-refractivity contribution >= 4 is 0 Å². The lowest BCUT2D eigenvalue weighted by Gasteiger charge is -2.44. The summed E-state index contributed by atoms with van der Waals surface area (Å²) in [5, 5.41) is 12.9. The first-order valence-electron chi connectivity index (χ1n) is 6.60. The molecule has 1 saturated carbocycles. The quantitative estimate of drug-likeness (QED) is 0.750. The second kappa shape index (κ2) is 5.99. The van der Waals surface area contributed by atoms with Crippen LogP contribution in [0.25, 0.3) is 0 Å². The van der Waals surface area contributed by atoms with E-state index in [9.17, 15) is 5.11 Å². The molecular formula is C13H28N2O. The summed E-state index contributed by atoms with van der Waals surface area (Å²) < 4.78 is 0. The Bertz CT molecular complexity index is 204. The van der Waals surface area contributed by atoms with Gasteiger partial charge in [0.05, 0.1) is 6.61 Å². The van der Waals surface area contributed by atoms with Crippen LogP contribution >= 0.6 is 0 Å². The zero-order chi connectivity index (χ0) is 12.2. The summed E-state index contributed by atoms with van der Waals surface area (Å²) in [7, 11) is 4.20. The molecule has 1 rings (SSSR count). The lowest BCUT2D eigenvalue weighted by molar-refractivity contribution is 0.0591. The highest BCUT2D eigenvalue weighted by molar-refractivity contribution is 4.95. The van der Waals surface area contributed by atoms with Crippen molar-refractivity contribution in [2.75, 3.05) is 20.7 Å². The second-order valence-corrected chi connectivity index (χ2v) is 5.36. The Hall–Kier alpha value is -0.120. The van der Waals surface area contributed by atoms with Gasteiger partial charge in [-0.25, -0.2) is 0 Å². The molecule has 0 radical (unpaired) electrons. The zero-order valence-electron chi connectivity index (χ0n) is 11.3. The lowest BCUT2D eigenvalue weighted by atomic mass is 9.78. The average Bonchev–Trinajstić information content (AvgIpc) is 2.36. The molecule has 0 amide bonds. The van der Waals surface area contributed by atoms with Crippen molar-refractivity contribution in [3.05, 3.63) is 0 Å². The molecule has 3 atom stereocenters. The van der Waals surface area contributed by atoms with Crippen LogP contribution in [0.5, 0.6) is 0 Å². The molecule has 1 fully saturated rings. The monoisotopic (exact) mass is 228 g/mol. The smallest absolute Gasteiger partial charge is 0.0613 e. The molecule has 0 spiro atoms. The normalized spacial score (nSPS) is 33.0. The largest absolute Gasteiger partial charge is 0.394 e. The first-order valence-corrected chi connectivity index (χ1v) is 6.60. The van der Waals surface area contributed by atoms with Crippen LogP contribution in [0.1, 0.15) is 46.0 Å². The Morgan fingerprint density at radius 1 is 1.56 bits per heavy atom. The molecule has 3 heteroatoms. The predicted molar refractivity (Wildman–Crippen MR) is 68.6 cm³/mol. The molecule has 0 bridgehead atoms. The molecule has 3 unspecified atom stereocenters. The van der Waals surface area contributed by atoms with Gasteiger partial charge in [-0.1, -0.05) is 6.92 Å². The maximum atomic E-state index is 9.56. The summed E-state index contributed by atoms with van der Waals surface area (Å²) in [6.45, 7) is 4.78. The van der Waals surface area contributed by atoms with Gasteiger partial charge in [0.25, 0.3) is 0 Å². The van der Waals surface area contributed by atoms with Gasteiger partial charge in [0.1, 0.15) is 0 Å². The highest BCUT2D eigenvalue weighted by Crippen LogP contribution is 2.31. The summed E-state index contributed by atoms with van der Waals surface area (Å²) in [6.07, 6.45) is 5.85. The molecule has 0 aromatic carbocycles. The van der Waals surface area contributed by atoms with E-state index in [2.05, 4.69) is 31.1 Å². The van der Waals surface area contributed by atoms with Gasteiger partial charge in [-0.2, -0.15) is 0 Å². The van der Waals surface area contributed by atoms with E-state index in [1.54, 1.807) is 0 Å². The molecule has 3 nitrogen and oxygen atoms in total. The molecule has 0 aromatic rings. The van der Waals surface area contributed by atoms with Crippen molar-refractivity contribution in [2.24, 2.45) is 0 Å². The Morgan fingerprint density at radius 3 is 2.75 bits per heavy atom. The lowest BCUT2D eigenvalue weighted by Crippen LogP contribution is -2.55. The minimum absolute atomic E-state index is 0.0371. The fraction of sp³-hybridized carbons (Fsp3) is 1.00. The summed E-state index contributed by atoms with van der Waals surface area (Å²) in [4.78, 5) is 2.49. The van der Waals surface area contributed by atoms with E-state index in [1.165, 1.54) is 19.3 Å². The highest BCUT2D eigenvalue weighted by atomic mass is 16.3. The SMILES string of the molecule is CCC(C)N(C)C1CCCC(CO)(NC)C1. The van der Waals surface area contributed by atoms with Gasteiger partial charge in [0.2, 0.25) is 0 Å². The number of nitrogens with one attached hydrogen (secondary N) is 1. The maximum absolute atomic E-state index is 9.56. The first kappa shape index (κ1) is 13.9. The van der Waals surface area contributed by atoms with Crippen LogP contribution < -0.4 is 5.32 Å². The maximum Gasteiger partial charge on any atom is 0.0613 e. The number of rotatable bonds is 5. The summed E-state index contributed by atoms with van der Waals surface area (Å²) in [5.74, 6) is 0. The van der Waals surface area contributed by atoms with Gasteiger partial charge in [0, 0.05) is 17.6 Å². The molecule has 2 N–H and O–H groups in total. The molecule has 0 aromatic heterocycles. The van der Waals surface area contributed by atoms with E-state index in [4.69, 9.17) is 0 Å². The Kier molecular flexibility index (Phi) is 5.22. The van der Waals surface area contributed by atoms with Gasteiger partial charge in [-0.15, -0.1) is 0 Å². The number of nitrogens with zero attached hydrogens (tertiary/aromatic N) is 1. The van der Waals surface area contributed by atoms with E-state index in [0.717, 1.165) is 12.8 Å². The van der Waals surface area contributed by atoms with E-state index in [0.29, 0.717) is 12.1 Å². The summed E-state index contributed by atoms with van der Waals surface area (Å²) >= 11 is 0. The summed E-state index contributed by atoms with van der Waals surface area (Å²) in [5.41, 5.74) is -0.0371. The van der Waals surface area contributed by atoms with Gasteiger partial charge in [-0.05, 0) is 53.1 Å². The van der Waals surface area contributed by atoms with Gasteiger partial charge < -0.3 is 15.3 Å². The number of hydrogen-bond acceptors (Lipinski definition) is 3. The third-order valence-electron chi connectivity index (χ3n) is 4.51. The zero-order valence-corrected chi connectivity index (χ0v) is 11.3. The number of likely N-dealkylation sites (N-methyl/N-ethyl adjacent to an activating group) is 1. The standard InChI is InChI=1S/C13H28N2O/c1-5-11(2)15(4)12-7-6-8-13(9-12,10-16)14-3/h11-12,14,16H,5-10H2,1-4H3. The molecular weight excluding hydrogens is 200 g/mol. The topological polar surface area (TPSA) is 35.5 Å². The van der Waals surface area contributed by atoms with Crippen LogP contribution in [0.3, 0.4) is 0 Å². The highest BCUT2D eigenvalue weighted by Gasteiger charge is 2.36. The summed E-state index contributed by atoms with van der Waals surface area (Å²) in [6, 6.07) is 1.25. The Labute approximate surface area is 100 Å². The van der Waals surface area contributed by atoms with E-state index >= 15 is 0 Å². The predicted octanol–water partition coefficient (Wildman–Crippen LogP) is 1.61. The van der Waals surface area contributed by atoms with Crippen molar-refractivity contribution in [1.29, 1.82) is 0 Å². The average molecular weight is 228 g/mol. The van der Waals surface area contributed by atoms with Crippen LogP contribution in [0, 0.1) is 0 Å². The molecule has 16 heavy (non-hydrogen) atoms. The fourth-order valence-corrected chi connectivity index (χ4v) is 2.78. The molecule has 1 aliphatic carbocycles. The third-order valence-corrected chi connectivity index (χ3v) is 4.51. The minimum Gasteiger partial charge on any atom is -0.394 e. The van der Waals surface area contributed by atoms with Crippen molar-refractivity contribution < 1.29 is 5.11 Å². The number of aliphatic hydroxyl groups is 1. The molecule has 96 valence electrons. The van der Waals surface area contributed by atoms with E-state index in [1.807, 2.05) is 7.05 Å². The van der Waals surface area contributed by atoms with Gasteiger partial charge in [-0.3, -0.25) is 0 Å². The van der Waals surface area contributed by atoms with Crippen LogP contribution in [0.4, 0.5) is 0 Å². The van der Waals surface area contributed by atoms with Crippen molar-refractivity contribution in [2.45, 2.75) is 63.6 Å². The molecule has 0 saturated heterocycles. The van der Waals surface area contributed by atoms with Crippen LogP contribution in [0.2, 0.25) is 0 Å². The molecule has 0 heterocycles. The van der Waals surface area contributed by atoms with Crippen LogP contribution in [-0.2, 0) is 0 Å². The van der Waals surface area contributed by atoms with Crippen molar-refractivity contribution in [3.63, 3.8) is 0 Å². The van der Waals surface area contributed by atoms with E-state index < -0.39 is 0 Å². The number of hydrogen-bond donors (Lipinski definition) is 2. The molecule has 1 aliphatic rings. The van der Waals surface area contributed by atoms with Crippen molar-refractivity contribution in [1.82, 2.24) is 10.2 Å². The molecule has 0 aliphatic heterocycles. The minimum atomic E-state index is -0.0371. The Balaban J connectivity index is 2.62. The van der Waals surface area contributed by atoms with E-state index in [-0.39, 0.29) is 12.1 Å². The van der Waals surface area contributed by atoms with Gasteiger partial charge >= 0.3 is 0 Å². The van der Waals surface area contributed by atoms with Gasteiger partial charge in [0.15, 0.2) is 0 Å². The number of aliphatic hydroxyl groups excluding tert-OH is 1. The van der Waals surface area contributed by atoms with Crippen LogP contribution in [-0.4, -0.2) is 48.3 Å². The van der Waals surface area contributed by atoms with Crippen LogP contribution in [0.15, 0.2) is 0 Å². The Morgan fingerprint density at radius 2 is 2.25 bits per heavy atom. The first-order chi connectivity index (χ1) is 7.58. The second-order valence-electron chi connectivity index (χ2n) is 5.36. The fourth-order valence-electron chi connectivity index (χ4n) is 2.78. The third kappa shape index (κ3) is 2.96. The van der Waals surface area contributed by atoms with Crippen molar-refractivity contribution in [3.8, 4) is 0 Å².